The first-order chi connectivity index (χ1) is 12.1. The van der Waals surface area contributed by atoms with E-state index in [-0.39, 0.29) is 12.6 Å². The number of nitrogens with zero attached hydrogens (tertiary/aromatic N) is 2. The number of aryl methyl sites for hydroxylation is 1. The number of piperidine rings is 1. The van der Waals surface area contributed by atoms with Gasteiger partial charge in [-0.1, -0.05) is 6.92 Å². The quantitative estimate of drug-likeness (QED) is 0.788. The fourth-order valence-corrected chi connectivity index (χ4v) is 4.47. The molecule has 5 nitrogen and oxygen atoms in total. The van der Waals surface area contributed by atoms with E-state index in [4.69, 9.17) is 4.74 Å². The van der Waals surface area contributed by atoms with E-state index in [1.54, 1.807) is 24.6 Å². The number of pyridine rings is 1. The van der Waals surface area contributed by atoms with E-state index in [0.29, 0.717) is 19.5 Å². The third-order valence-electron chi connectivity index (χ3n) is 4.70. The molecule has 0 radical (unpaired) electrons. The SMILES string of the molecule is CCc1csc2c(NC3CCN(CC(O)COC)CC3F)ccnc12. The van der Waals surface area contributed by atoms with Crippen molar-refractivity contribution in [2.24, 2.45) is 0 Å². The van der Waals surface area contributed by atoms with Crippen LogP contribution in [0, 0.1) is 0 Å². The Morgan fingerprint density at radius 2 is 2.40 bits per heavy atom. The number of β-amino-alcohol motifs (C(OH)–C–C–N with tert-alkyl or cyclic N) is 1. The molecule has 3 heterocycles. The molecule has 0 amide bonds. The average Bonchev–Trinajstić information content (AvgIpc) is 3.01. The predicted octanol–water partition coefficient (Wildman–Crippen LogP) is 2.69. The molecule has 3 unspecified atom stereocenters. The zero-order chi connectivity index (χ0) is 17.8. The van der Waals surface area contributed by atoms with Crippen LogP contribution in [0.1, 0.15) is 18.9 Å². The average molecular weight is 367 g/mol. The number of hydrogen-bond acceptors (Lipinski definition) is 6. The van der Waals surface area contributed by atoms with Gasteiger partial charge in [0.05, 0.1) is 34.7 Å². The normalized spacial score (nSPS) is 23.0. The number of ether oxygens (including phenoxy) is 1. The highest BCUT2D eigenvalue weighted by Gasteiger charge is 2.30. The number of aliphatic hydroxyl groups excluding tert-OH is 1. The number of anilines is 1. The third kappa shape index (κ3) is 4.28. The summed E-state index contributed by atoms with van der Waals surface area (Å²) < 4.78 is 20.7. The molecule has 0 saturated carbocycles. The van der Waals surface area contributed by atoms with E-state index < -0.39 is 12.3 Å². The second-order valence-electron chi connectivity index (χ2n) is 6.57. The lowest BCUT2D eigenvalue weighted by atomic mass is 10.0. The molecular weight excluding hydrogens is 341 g/mol. The van der Waals surface area contributed by atoms with Gasteiger partial charge >= 0.3 is 0 Å². The number of methoxy groups -OCH3 is 1. The molecule has 0 aliphatic carbocycles. The monoisotopic (exact) mass is 367 g/mol. The van der Waals surface area contributed by atoms with Gasteiger partial charge in [0.25, 0.3) is 0 Å². The van der Waals surface area contributed by atoms with E-state index in [2.05, 4.69) is 22.6 Å². The minimum absolute atomic E-state index is 0.214. The van der Waals surface area contributed by atoms with E-state index in [0.717, 1.165) is 28.9 Å². The molecule has 0 bridgehead atoms. The number of aromatic nitrogens is 1. The molecule has 1 aliphatic heterocycles. The number of hydrogen-bond donors (Lipinski definition) is 2. The number of alkyl halides is 1. The number of thiophene rings is 1. The van der Waals surface area contributed by atoms with Crippen LogP contribution in [0.25, 0.3) is 10.2 Å². The van der Waals surface area contributed by atoms with Crippen LogP contribution in [0.5, 0.6) is 0 Å². The molecule has 0 aromatic carbocycles. The first kappa shape index (κ1) is 18.5. The molecule has 7 heteroatoms. The van der Waals surface area contributed by atoms with Gasteiger partial charge in [0.1, 0.15) is 6.17 Å². The van der Waals surface area contributed by atoms with Crippen LogP contribution in [-0.4, -0.2) is 66.7 Å². The summed E-state index contributed by atoms with van der Waals surface area (Å²) >= 11 is 1.66. The van der Waals surface area contributed by atoms with Crippen molar-refractivity contribution in [2.45, 2.75) is 38.1 Å². The second-order valence-corrected chi connectivity index (χ2v) is 7.45. The lowest BCUT2D eigenvalue weighted by Crippen LogP contribution is -2.50. The van der Waals surface area contributed by atoms with Gasteiger partial charge in [-0.3, -0.25) is 9.88 Å². The molecule has 2 N–H and O–H groups in total. The summed E-state index contributed by atoms with van der Waals surface area (Å²) in [6.07, 6.45) is 1.90. The smallest absolute Gasteiger partial charge is 0.133 e. The minimum Gasteiger partial charge on any atom is -0.389 e. The van der Waals surface area contributed by atoms with E-state index in [1.165, 1.54) is 5.56 Å². The van der Waals surface area contributed by atoms with Gasteiger partial charge in [0.15, 0.2) is 0 Å². The molecule has 3 rings (SSSR count). The van der Waals surface area contributed by atoms with Crippen LogP contribution in [-0.2, 0) is 11.2 Å². The maximum absolute atomic E-state index is 14.7. The summed E-state index contributed by atoms with van der Waals surface area (Å²) in [7, 11) is 1.56. The summed E-state index contributed by atoms with van der Waals surface area (Å²) in [5, 5.41) is 15.3. The lowest BCUT2D eigenvalue weighted by Gasteiger charge is -2.36. The highest BCUT2D eigenvalue weighted by molar-refractivity contribution is 7.18. The Hall–Kier alpha value is -1.28. The van der Waals surface area contributed by atoms with Gasteiger partial charge in [0, 0.05) is 32.9 Å². The van der Waals surface area contributed by atoms with Crippen LogP contribution in [0.15, 0.2) is 17.6 Å². The maximum atomic E-state index is 14.7. The zero-order valence-electron chi connectivity index (χ0n) is 14.7. The van der Waals surface area contributed by atoms with Crippen molar-refractivity contribution < 1.29 is 14.2 Å². The predicted molar refractivity (Wildman–Crippen MR) is 100 cm³/mol. The van der Waals surface area contributed by atoms with Crippen molar-refractivity contribution in [1.29, 1.82) is 0 Å². The summed E-state index contributed by atoms with van der Waals surface area (Å²) in [5.41, 5.74) is 3.23. The molecule has 25 heavy (non-hydrogen) atoms. The van der Waals surface area contributed by atoms with Crippen molar-refractivity contribution in [3.63, 3.8) is 0 Å². The number of rotatable bonds is 7. The highest BCUT2D eigenvalue weighted by atomic mass is 32.1. The molecule has 2 aromatic heterocycles. The first-order valence-corrected chi connectivity index (χ1v) is 9.65. The largest absolute Gasteiger partial charge is 0.389 e. The molecule has 1 saturated heterocycles. The van der Waals surface area contributed by atoms with Crippen LogP contribution in [0.3, 0.4) is 0 Å². The van der Waals surface area contributed by atoms with Gasteiger partial charge in [0.2, 0.25) is 0 Å². The summed E-state index contributed by atoms with van der Waals surface area (Å²) in [4.78, 5) is 6.44. The summed E-state index contributed by atoms with van der Waals surface area (Å²) in [5.74, 6) is 0. The Morgan fingerprint density at radius 3 is 3.12 bits per heavy atom. The van der Waals surface area contributed by atoms with Crippen molar-refractivity contribution in [3.8, 4) is 0 Å². The van der Waals surface area contributed by atoms with Gasteiger partial charge in [-0.05, 0) is 29.9 Å². The number of aliphatic hydroxyl groups is 1. The minimum atomic E-state index is -0.975. The summed E-state index contributed by atoms with van der Waals surface area (Å²) in [6, 6.07) is 1.72. The molecule has 2 aromatic rings. The van der Waals surface area contributed by atoms with Gasteiger partial charge in [-0.2, -0.15) is 0 Å². The first-order valence-electron chi connectivity index (χ1n) is 8.77. The fraction of sp³-hybridized carbons (Fsp3) is 0.611. The van der Waals surface area contributed by atoms with E-state index in [1.807, 2.05) is 11.0 Å². The van der Waals surface area contributed by atoms with Crippen molar-refractivity contribution >= 4 is 27.2 Å². The molecule has 1 fully saturated rings. The summed E-state index contributed by atoms with van der Waals surface area (Å²) in [6.45, 7) is 3.94. The molecule has 138 valence electrons. The maximum Gasteiger partial charge on any atom is 0.133 e. The molecule has 3 atom stereocenters. The Labute approximate surface area is 151 Å². The zero-order valence-corrected chi connectivity index (χ0v) is 15.6. The van der Waals surface area contributed by atoms with Crippen molar-refractivity contribution in [1.82, 2.24) is 9.88 Å². The fourth-order valence-electron chi connectivity index (χ4n) is 3.39. The molecule has 1 aliphatic rings. The Kier molecular flexibility index (Phi) is 6.22. The van der Waals surface area contributed by atoms with Crippen LogP contribution >= 0.6 is 11.3 Å². The van der Waals surface area contributed by atoms with Gasteiger partial charge in [-0.15, -0.1) is 11.3 Å². The van der Waals surface area contributed by atoms with Crippen LogP contribution in [0.4, 0.5) is 10.1 Å². The van der Waals surface area contributed by atoms with Crippen molar-refractivity contribution in [2.75, 3.05) is 38.7 Å². The Bertz CT molecular complexity index is 696. The number of halogens is 1. The second kappa shape index (κ2) is 8.40. The number of likely N-dealkylation sites (tertiary alicyclic amines) is 1. The topological polar surface area (TPSA) is 57.6 Å². The van der Waals surface area contributed by atoms with Gasteiger partial charge < -0.3 is 15.2 Å². The Morgan fingerprint density at radius 1 is 1.56 bits per heavy atom. The molecule has 0 spiro atoms. The van der Waals surface area contributed by atoms with E-state index >= 15 is 0 Å². The number of fused-ring (bicyclic) bond motifs is 1. The van der Waals surface area contributed by atoms with Crippen LogP contribution in [0.2, 0.25) is 0 Å². The highest BCUT2D eigenvalue weighted by Crippen LogP contribution is 2.32. The van der Waals surface area contributed by atoms with Crippen LogP contribution < -0.4 is 5.32 Å². The van der Waals surface area contributed by atoms with E-state index in [9.17, 15) is 9.50 Å². The third-order valence-corrected chi connectivity index (χ3v) is 5.75. The van der Waals surface area contributed by atoms with Crippen molar-refractivity contribution in [3.05, 3.63) is 23.2 Å². The Balaban J connectivity index is 1.64. The standard InChI is InChI=1S/C18H26FN3O2S/c1-3-12-11-25-18-16(4-6-20-17(12)18)21-15-5-7-22(9-14(15)19)8-13(23)10-24-2/h4,6,11,13-15,23H,3,5,7-10H2,1-2H3,(H,20,21). The number of nitrogens with one attached hydrogen (secondary N) is 1. The van der Waals surface area contributed by atoms with Gasteiger partial charge in [-0.25, -0.2) is 4.39 Å². The lowest BCUT2D eigenvalue weighted by molar-refractivity contribution is 0.0215. The molecular formula is C18H26FN3O2S.